The van der Waals surface area contributed by atoms with E-state index in [-0.39, 0.29) is 35.1 Å². The van der Waals surface area contributed by atoms with Gasteiger partial charge in [-0.15, -0.1) is 0 Å². The predicted octanol–water partition coefficient (Wildman–Crippen LogP) is 8.68. The number of hydrogen-bond donors (Lipinski definition) is 3. The van der Waals surface area contributed by atoms with Crippen LogP contribution in [0.1, 0.15) is 121 Å². The van der Waals surface area contributed by atoms with Crippen LogP contribution in [0.4, 0.5) is 11.4 Å². The smallest absolute Gasteiger partial charge is 0.255 e. The van der Waals surface area contributed by atoms with Gasteiger partial charge in [0.2, 0.25) is 5.91 Å². The number of pyridine rings is 1. The van der Waals surface area contributed by atoms with Gasteiger partial charge < -0.3 is 44.9 Å². The van der Waals surface area contributed by atoms with Crippen molar-refractivity contribution in [2.45, 2.75) is 85.1 Å². The number of benzene rings is 3. The van der Waals surface area contributed by atoms with Gasteiger partial charge >= 0.3 is 0 Å². The number of ether oxygens (including phenoxy) is 3. The lowest BCUT2D eigenvalue weighted by molar-refractivity contribution is -0.139. The lowest BCUT2D eigenvalue weighted by Gasteiger charge is -2.48. The minimum atomic E-state index is -0.371. The Balaban J connectivity index is 0.826. The first kappa shape index (κ1) is 54.1. The standard InChI is InChI=1S/C58H79N7O7/c1-7-65(8-2)48-19-20-52(50(37-48)53-36-46(21-22-59-53)55(67)61-51-18-12-14-44-13-9-10-17-49(44)51)62-54(66)45-15-11-16-47(35-45)56(68)64(6)25-24-63(5)26-28-71-30-32-72-31-29-70-27-23-60-57(69)58-38-41(3)33-43(40-58)34-42(4)39-58/h9-11,13,15-17,19-22,35-37,41-43,51H,7-8,12,14,18,23-34,38-40H2,1-6H3,(H,60,69)(H,61,67)(H,62,66)/t41?,42?,43?,51-,58?/m0/s1. The topological polar surface area (TPSA) is 155 Å². The normalized spacial score (nSPS) is 20.3. The summed E-state index contributed by atoms with van der Waals surface area (Å²) in [6, 6.07) is 24.3. The third-order valence-corrected chi connectivity index (χ3v) is 14.9. The largest absolute Gasteiger partial charge is 0.378 e. The molecule has 4 aromatic rings. The number of rotatable bonds is 25. The van der Waals surface area contributed by atoms with E-state index in [9.17, 15) is 19.2 Å². The van der Waals surface area contributed by atoms with Gasteiger partial charge in [0.15, 0.2) is 0 Å². The number of anilines is 2. The fourth-order valence-corrected chi connectivity index (χ4v) is 11.4. The van der Waals surface area contributed by atoms with Gasteiger partial charge in [-0.1, -0.05) is 44.2 Å². The molecule has 2 unspecified atom stereocenters. The van der Waals surface area contributed by atoms with Crippen LogP contribution in [0, 0.1) is 23.2 Å². The highest BCUT2D eigenvalue weighted by molar-refractivity contribution is 6.08. The number of carbonyl (C=O) groups is 4. The van der Waals surface area contributed by atoms with Gasteiger partial charge in [-0.2, -0.15) is 0 Å². The number of nitrogens with zero attached hydrogens (tertiary/aromatic N) is 4. The van der Waals surface area contributed by atoms with Gasteiger partial charge in [0, 0.05) is 85.9 Å². The first-order valence-corrected chi connectivity index (χ1v) is 26.5. The molecule has 2 bridgehead atoms. The zero-order valence-electron chi connectivity index (χ0n) is 43.7. The molecule has 2 fully saturated rings. The van der Waals surface area contributed by atoms with Crippen molar-refractivity contribution in [2.24, 2.45) is 23.2 Å². The van der Waals surface area contributed by atoms with Crippen LogP contribution in [0.5, 0.6) is 0 Å². The number of nitrogens with one attached hydrogen (secondary N) is 3. The second-order valence-electron chi connectivity index (χ2n) is 20.5. The Kier molecular flexibility index (Phi) is 19.8. The summed E-state index contributed by atoms with van der Waals surface area (Å²) in [6.45, 7) is 15.5. The van der Waals surface area contributed by atoms with Crippen LogP contribution in [0.25, 0.3) is 11.3 Å². The summed E-state index contributed by atoms with van der Waals surface area (Å²) in [5.41, 5.74) is 6.21. The maximum Gasteiger partial charge on any atom is 0.255 e. The zero-order chi connectivity index (χ0) is 51.0. The molecule has 3 aliphatic carbocycles. The van der Waals surface area contributed by atoms with Crippen molar-refractivity contribution < 1.29 is 33.4 Å². The van der Waals surface area contributed by atoms with E-state index in [0.717, 1.165) is 62.9 Å². The highest BCUT2D eigenvalue weighted by Gasteiger charge is 2.48. The van der Waals surface area contributed by atoms with Crippen molar-refractivity contribution in [3.8, 4) is 11.3 Å². The van der Waals surface area contributed by atoms with E-state index in [0.29, 0.717) is 117 Å². The Morgan fingerprint density at radius 2 is 1.42 bits per heavy atom. The number of hydrogen-bond acceptors (Lipinski definition) is 10. The number of aromatic nitrogens is 1. The van der Waals surface area contributed by atoms with Crippen molar-refractivity contribution in [3.63, 3.8) is 0 Å². The molecular weight excluding hydrogens is 907 g/mol. The quantitative estimate of drug-likeness (QED) is 0.0550. The van der Waals surface area contributed by atoms with E-state index < -0.39 is 0 Å². The molecule has 3 N–H and O–H groups in total. The first-order valence-electron chi connectivity index (χ1n) is 26.5. The van der Waals surface area contributed by atoms with Crippen molar-refractivity contribution >= 4 is 35.0 Å². The minimum absolute atomic E-state index is 0.0672. The number of aryl methyl sites for hydroxylation is 1. The van der Waals surface area contributed by atoms with E-state index in [1.165, 1.54) is 18.4 Å². The second-order valence-corrected chi connectivity index (χ2v) is 20.5. The molecule has 1 heterocycles. The Morgan fingerprint density at radius 3 is 2.17 bits per heavy atom. The number of fused-ring (bicyclic) bond motifs is 3. The minimum Gasteiger partial charge on any atom is -0.378 e. The molecule has 3 aliphatic rings. The summed E-state index contributed by atoms with van der Waals surface area (Å²) in [6.07, 6.45) is 10.1. The molecule has 72 heavy (non-hydrogen) atoms. The predicted molar refractivity (Wildman–Crippen MR) is 284 cm³/mol. The van der Waals surface area contributed by atoms with Gasteiger partial charge in [-0.3, -0.25) is 24.2 Å². The molecule has 14 nitrogen and oxygen atoms in total. The highest BCUT2D eigenvalue weighted by Crippen LogP contribution is 2.53. The van der Waals surface area contributed by atoms with Gasteiger partial charge in [0.25, 0.3) is 17.7 Å². The van der Waals surface area contributed by atoms with E-state index >= 15 is 0 Å². The maximum absolute atomic E-state index is 14.0. The van der Waals surface area contributed by atoms with E-state index in [1.807, 2.05) is 37.4 Å². The van der Waals surface area contributed by atoms with Crippen LogP contribution >= 0.6 is 0 Å². The van der Waals surface area contributed by atoms with E-state index in [2.05, 4.69) is 65.6 Å². The lowest BCUT2D eigenvalue weighted by Crippen LogP contribution is -2.50. The van der Waals surface area contributed by atoms with Crippen LogP contribution in [0.3, 0.4) is 0 Å². The molecule has 1 aromatic heterocycles. The third-order valence-electron chi connectivity index (χ3n) is 14.9. The van der Waals surface area contributed by atoms with Gasteiger partial charge in [-0.25, -0.2) is 0 Å². The highest BCUT2D eigenvalue weighted by atomic mass is 16.5. The molecule has 0 spiro atoms. The van der Waals surface area contributed by atoms with Crippen LogP contribution in [0.15, 0.2) is 85.1 Å². The number of amides is 4. The third kappa shape index (κ3) is 14.5. The van der Waals surface area contributed by atoms with E-state index in [4.69, 9.17) is 19.2 Å². The van der Waals surface area contributed by atoms with Crippen LogP contribution in [0.2, 0.25) is 0 Å². The van der Waals surface area contributed by atoms with Crippen LogP contribution in [-0.4, -0.2) is 131 Å². The van der Waals surface area contributed by atoms with Crippen LogP contribution < -0.4 is 20.9 Å². The SMILES string of the molecule is CCN(CC)c1ccc(NC(=O)c2cccc(C(=O)N(C)CCN(C)CCOCCOCCOCCNC(=O)C34CC(C)CC(CC(C)C3)C4)c2)c(-c2cc(C(=O)N[C@H]3CCCc4ccccc43)ccn2)c1. The van der Waals surface area contributed by atoms with Gasteiger partial charge in [0.1, 0.15) is 0 Å². The molecule has 14 heteroatoms. The summed E-state index contributed by atoms with van der Waals surface area (Å²) in [4.78, 5) is 65.2. The Morgan fingerprint density at radius 1 is 0.722 bits per heavy atom. The first-order chi connectivity index (χ1) is 34.9. The fraction of sp³-hybridized carbons (Fsp3) is 0.534. The number of likely N-dealkylation sites (N-methyl/N-ethyl adjacent to an activating group) is 2. The summed E-state index contributed by atoms with van der Waals surface area (Å²) in [7, 11) is 3.75. The molecule has 0 aliphatic heterocycles. The summed E-state index contributed by atoms with van der Waals surface area (Å²) < 4.78 is 17.2. The summed E-state index contributed by atoms with van der Waals surface area (Å²) >= 11 is 0. The second kappa shape index (κ2) is 26.3. The van der Waals surface area contributed by atoms with E-state index in [1.54, 1.807) is 54.5 Å². The zero-order valence-corrected chi connectivity index (χ0v) is 43.7. The molecule has 3 atom stereocenters. The molecule has 0 saturated heterocycles. The van der Waals surface area contributed by atoms with Crippen molar-refractivity contribution in [1.29, 1.82) is 0 Å². The molecule has 3 aromatic carbocycles. The molecular formula is C58H79N7O7. The maximum atomic E-state index is 14.0. The summed E-state index contributed by atoms with van der Waals surface area (Å²) in [5, 5.41) is 9.51. The fourth-order valence-electron chi connectivity index (χ4n) is 11.4. The molecule has 2 saturated carbocycles. The molecule has 7 rings (SSSR count). The monoisotopic (exact) mass is 986 g/mol. The average molecular weight is 986 g/mol. The van der Waals surface area contributed by atoms with Crippen molar-refractivity contribution in [3.05, 3.63) is 113 Å². The van der Waals surface area contributed by atoms with Gasteiger partial charge in [-0.05, 0) is 150 Å². The Labute approximate surface area is 427 Å². The van der Waals surface area contributed by atoms with Crippen molar-refractivity contribution in [2.75, 3.05) is 103 Å². The Bertz CT molecular complexity index is 2420. The number of carbonyl (C=O) groups excluding carboxylic acids is 4. The summed E-state index contributed by atoms with van der Waals surface area (Å²) in [5.74, 6) is 1.39. The Hall–Kier alpha value is -5.67. The molecule has 0 radical (unpaired) electrons. The van der Waals surface area contributed by atoms with Crippen LogP contribution in [-0.2, 0) is 25.4 Å². The van der Waals surface area contributed by atoms with Gasteiger partial charge in [0.05, 0.1) is 57.1 Å². The average Bonchev–Trinajstić information content (AvgIpc) is 3.38. The lowest BCUT2D eigenvalue weighted by atomic mass is 9.56. The molecule has 4 amide bonds. The van der Waals surface area contributed by atoms with Crippen molar-refractivity contribution in [1.82, 2.24) is 25.4 Å². The molecule has 388 valence electrons.